The second-order valence-corrected chi connectivity index (χ2v) is 5.64. The summed E-state index contributed by atoms with van der Waals surface area (Å²) >= 11 is 3.09. The topological polar surface area (TPSA) is 49.6 Å². The Labute approximate surface area is 124 Å². The van der Waals surface area contributed by atoms with Gasteiger partial charge in [0.1, 0.15) is 11.1 Å². The van der Waals surface area contributed by atoms with Crippen LogP contribution >= 0.6 is 22.7 Å². The van der Waals surface area contributed by atoms with Crippen molar-refractivity contribution in [1.29, 1.82) is 5.26 Å². The zero-order valence-electron chi connectivity index (χ0n) is 10.4. The number of nitriles is 1. The Kier molecular flexibility index (Phi) is 3.68. The second kappa shape index (κ2) is 5.78. The van der Waals surface area contributed by atoms with Crippen LogP contribution in [-0.2, 0) is 0 Å². The van der Waals surface area contributed by atoms with Crippen molar-refractivity contribution in [3.05, 3.63) is 57.3 Å². The first-order chi connectivity index (χ1) is 9.86. The second-order valence-electron chi connectivity index (χ2n) is 4.00. The Morgan fingerprint density at radius 2 is 2.05 bits per heavy atom. The molecule has 0 aliphatic heterocycles. The molecule has 0 atom stereocenters. The lowest BCUT2D eigenvalue weighted by Gasteiger charge is -1.94. The maximum atomic E-state index is 9.30. The van der Waals surface area contributed by atoms with E-state index in [2.05, 4.69) is 16.0 Å². The van der Waals surface area contributed by atoms with E-state index >= 15 is 0 Å². The summed E-state index contributed by atoms with van der Waals surface area (Å²) in [6, 6.07) is 8.03. The van der Waals surface area contributed by atoms with Crippen molar-refractivity contribution in [2.24, 2.45) is 0 Å². The predicted octanol–water partition coefficient (Wildman–Crippen LogP) is 4.33. The molecule has 0 unspecified atom stereocenters. The van der Waals surface area contributed by atoms with E-state index in [0.717, 1.165) is 21.8 Å². The lowest BCUT2D eigenvalue weighted by Crippen LogP contribution is -1.82. The van der Waals surface area contributed by atoms with Crippen LogP contribution in [0.1, 0.15) is 10.6 Å². The van der Waals surface area contributed by atoms with Gasteiger partial charge >= 0.3 is 0 Å². The molecule has 0 spiro atoms. The van der Waals surface area contributed by atoms with Gasteiger partial charge in [-0.15, -0.1) is 11.3 Å². The molecule has 0 aromatic carbocycles. The smallest absolute Gasteiger partial charge is 0.134 e. The third kappa shape index (κ3) is 2.67. The average Bonchev–Trinajstić information content (AvgIpc) is 3.17. The van der Waals surface area contributed by atoms with Gasteiger partial charge in [0.15, 0.2) is 0 Å². The number of pyridine rings is 1. The fourth-order valence-electron chi connectivity index (χ4n) is 1.72. The van der Waals surface area contributed by atoms with Crippen LogP contribution in [0.5, 0.6) is 0 Å². The van der Waals surface area contributed by atoms with Crippen molar-refractivity contribution in [1.82, 2.24) is 9.97 Å². The predicted molar refractivity (Wildman–Crippen MR) is 83.1 cm³/mol. The SMILES string of the molecule is N#C/C(=C\c1ccsc1)c1nc(-c2ccncc2)cs1. The molecule has 0 aliphatic carbocycles. The quantitative estimate of drug-likeness (QED) is 0.676. The molecule has 3 aromatic rings. The molecule has 0 radical (unpaired) electrons. The van der Waals surface area contributed by atoms with Gasteiger partial charge in [-0.3, -0.25) is 4.98 Å². The molecule has 0 saturated heterocycles. The van der Waals surface area contributed by atoms with Crippen LogP contribution in [0.25, 0.3) is 22.9 Å². The number of hydrogen-bond acceptors (Lipinski definition) is 5. The van der Waals surface area contributed by atoms with Gasteiger partial charge in [-0.05, 0) is 40.6 Å². The number of rotatable bonds is 3. The highest BCUT2D eigenvalue weighted by Gasteiger charge is 2.09. The molecule has 0 saturated carbocycles. The molecular weight excluding hydrogens is 286 g/mol. The number of thiophene rings is 1. The molecule has 0 bridgehead atoms. The third-order valence-corrected chi connectivity index (χ3v) is 4.26. The largest absolute Gasteiger partial charge is 0.265 e. The van der Waals surface area contributed by atoms with Crippen LogP contribution in [0, 0.1) is 11.3 Å². The van der Waals surface area contributed by atoms with Crippen molar-refractivity contribution in [2.45, 2.75) is 0 Å². The van der Waals surface area contributed by atoms with E-state index in [1.54, 1.807) is 23.7 Å². The molecule has 3 rings (SSSR count). The highest BCUT2D eigenvalue weighted by atomic mass is 32.1. The fourth-order valence-corrected chi connectivity index (χ4v) is 3.13. The maximum Gasteiger partial charge on any atom is 0.134 e. The van der Waals surface area contributed by atoms with Crippen LogP contribution in [0.15, 0.2) is 46.7 Å². The summed E-state index contributed by atoms with van der Waals surface area (Å²) in [6.45, 7) is 0. The van der Waals surface area contributed by atoms with Crippen LogP contribution in [0.3, 0.4) is 0 Å². The van der Waals surface area contributed by atoms with E-state index in [-0.39, 0.29) is 0 Å². The normalized spacial score (nSPS) is 11.2. The Bertz CT molecular complexity index is 765. The van der Waals surface area contributed by atoms with Crippen molar-refractivity contribution in [3.8, 4) is 17.3 Å². The van der Waals surface area contributed by atoms with Gasteiger partial charge in [-0.25, -0.2) is 4.98 Å². The zero-order valence-corrected chi connectivity index (χ0v) is 12.0. The summed E-state index contributed by atoms with van der Waals surface area (Å²) in [6.07, 6.45) is 5.34. The molecule has 20 heavy (non-hydrogen) atoms. The van der Waals surface area contributed by atoms with Crippen molar-refractivity contribution in [2.75, 3.05) is 0 Å². The van der Waals surface area contributed by atoms with E-state index in [4.69, 9.17) is 0 Å². The molecule has 0 amide bonds. The van der Waals surface area contributed by atoms with Crippen molar-refractivity contribution >= 4 is 34.3 Å². The van der Waals surface area contributed by atoms with Gasteiger partial charge in [0, 0.05) is 23.3 Å². The molecule has 0 N–H and O–H groups in total. The molecule has 0 fully saturated rings. The first-order valence-electron chi connectivity index (χ1n) is 5.87. The maximum absolute atomic E-state index is 9.30. The highest BCUT2D eigenvalue weighted by Crippen LogP contribution is 2.27. The van der Waals surface area contributed by atoms with Crippen LogP contribution < -0.4 is 0 Å². The van der Waals surface area contributed by atoms with E-state index in [0.29, 0.717) is 5.57 Å². The molecule has 3 aromatic heterocycles. The van der Waals surface area contributed by atoms with E-state index in [9.17, 15) is 5.26 Å². The fraction of sp³-hybridized carbons (Fsp3) is 0. The first kappa shape index (κ1) is 12.7. The van der Waals surface area contributed by atoms with Crippen molar-refractivity contribution in [3.63, 3.8) is 0 Å². The number of nitrogens with zero attached hydrogens (tertiary/aromatic N) is 3. The third-order valence-electron chi connectivity index (χ3n) is 2.69. The number of allylic oxidation sites excluding steroid dienone is 1. The summed E-state index contributed by atoms with van der Waals surface area (Å²) in [5, 5.41) is 16.0. The van der Waals surface area contributed by atoms with Gasteiger partial charge in [0.25, 0.3) is 0 Å². The van der Waals surface area contributed by atoms with Gasteiger partial charge in [0.05, 0.1) is 11.3 Å². The van der Waals surface area contributed by atoms with Gasteiger partial charge in [-0.1, -0.05) is 0 Å². The lowest BCUT2D eigenvalue weighted by atomic mass is 10.2. The summed E-state index contributed by atoms with van der Waals surface area (Å²) in [5.74, 6) is 0. The monoisotopic (exact) mass is 295 g/mol. The highest BCUT2D eigenvalue weighted by molar-refractivity contribution is 7.11. The minimum atomic E-state index is 0.591. The Morgan fingerprint density at radius 1 is 1.20 bits per heavy atom. The van der Waals surface area contributed by atoms with Crippen LogP contribution in [0.2, 0.25) is 0 Å². The molecule has 3 heterocycles. The van der Waals surface area contributed by atoms with Gasteiger partial charge in [0.2, 0.25) is 0 Å². The van der Waals surface area contributed by atoms with E-state index in [1.165, 1.54) is 11.3 Å². The minimum Gasteiger partial charge on any atom is -0.265 e. The standard InChI is InChI=1S/C15H9N3S2/c16-8-13(7-11-3-6-19-9-11)15-18-14(10-20-15)12-1-4-17-5-2-12/h1-7,9-10H/b13-7+. The number of aromatic nitrogens is 2. The number of hydrogen-bond donors (Lipinski definition) is 0. The molecular formula is C15H9N3S2. The summed E-state index contributed by atoms with van der Waals surface area (Å²) in [5.41, 5.74) is 3.51. The van der Waals surface area contributed by atoms with Crippen LogP contribution in [0.4, 0.5) is 0 Å². The average molecular weight is 295 g/mol. The Balaban J connectivity index is 1.95. The molecule has 3 nitrogen and oxygen atoms in total. The van der Waals surface area contributed by atoms with E-state index in [1.807, 2.05) is 40.4 Å². The van der Waals surface area contributed by atoms with Gasteiger partial charge < -0.3 is 0 Å². The first-order valence-corrected chi connectivity index (χ1v) is 7.69. The molecule has 5 heteroatoms. The summed E-state index contributed by atoms with van der Waals surface area (Å²) in [7, 11) is 0. The molecule has 0 aliphatic rings. The Morgan fingerprint density at radius 3 is 2.75 bits per heavy atom. The van der Waals surface area contributed by atoms with Crippen LogP contribution in [-0.4, -0.2) is 9.97 Å². The van der Waals surface area contributed by atoms with E-state index < -0.39 is 0 Å². The lowest BCUT2D eigenvalue weighted by molar-refractivity contribution is 1.31. The summed E-state index contributed by atoms with van der Waals surface area (Å²) in [4.78, 5) is 8.53. The number of thiazole rings is 1. The Hall–Kier alpha value is -2.29. The van der Waals surface area contributed by atoms with Crippen molar-refractivity contribution < 1.29 is 0 Å². The summed E-state index contributed by atoms with van der Waals surface area (Å²) < 4.78 is 0. The van der Waals surface area contributed by atoms with Gasteiger partial charge in [-0.2, -0.15) is 16.6 Å². The minimum absolute atomic E-state index is 0.591. The zero-order chi connectivity index (χ0) is 13.8. The molecule has 96 valence electrons.